The number of amides is 1. The molecule has 0 aliphatic rings. The maximum absolute atomic E-state index is 11.1. The summed E-state index contributed by atoms with van der Waals surface area (Å²) in [5.41, 5.74) is 14.8. The van der Waals surface area contributed by atoms with Crippen molar-refractivity contribution in [2.45, 2.75) is 6.92 Å². The van der Waals surface area contributed by atoms with E-state index < -0.39 is 5.91 Å². The fourth-order valence-corrected chi connectivity index (χ4v) is 1.80. The number of anilines is 3. The Labute approximate surface area is 106 Å². The molecule has 5 N–H and O–H groups in total. The largest absolute Gasteiger partial charge is 0.399 e. The van der Waals surface area contributed by atoms with Gasteiger partial charge in [0.2, 0.25) is 5.91 Å². The quantitative estimate of drug-likeness (QED) is 0.722. The molecule has 18 heavy (non-hydrogen) atoms. The number of nitrogens with one attached hydrogen (secondary N) is 1. The molecule has 2 aromatic rings. The second-order valence-electron chi connectivity index (χ2n) is 4.14. The van der Waals surface area contributed by atoms with Crippen molar-refractivity contribution in [2.24, 2.45) is 5.73 Å². The molecular weight excluding hydrogens is 226 g/mol. The van der Waals surface area contributed by atoms with E-state index >= 15 is 0 Å². The zero-order valence-electron chi connectivity index (χ0n) is 10.1. The molecule has 0 spiro atoms. The standard InChI is InChI=1S/C14H15N3O/c1-9-7-12(5-6-13(9)14(16)18)17-11-4-2-3-10(15)8-11/h2-8,17H,15H2,1H3,(H2,16,18). The number of aryl methyl sites for hydroxylation is 1. The summed E-state index contributed by atoms with van der Waals surface area (Å²) >= 11 is 0. The summed E-state index contributed by atoms with van der Waals surface area (Å²) in [7, 11) is 0. The lowest BCUT2D eigenvalue weighted by Crippen LogP contribution is -2.12. The molecule has 0 heterocycles. The normalized spacial score (nSPS) is 10.1. The molecule has 0 saturated heterocycles. The molecule has 2 aromatic carbocycles. The van der Waals surface area contributed by atoms with E-state index in [-0.39, 0.29) is 0 Å². The maximum atomic E-state index is 11.1. The van der Waals surface area contributed by atoms with E-state index in [4.69, 9.17) is 11.5 Å². The van der Waals surface area contributed by atoms with E-state index in [0.717, 1.165) is 16.9 Å². The van der Waals surface area contributed by atoms with Gasteiger partial charge in [0.1, 0.15) is 0 Å². The molecular formula is C14H15N3O. The molecule has 92 valence electrons. The highest BCUT2D eigenvalue weighted by Crippen LogP contribution is 2.21. The molecule has 1 amide bonds. The minimum atomic E-state index is -0.414. The van der Waals surface area contributed by atoms with Crippen molar-refractivity contribution < 1.29 is 4.79 Å². The number of benzene rings is 2. The predicted molar refractivity (Wildman–Crippen MR) is 73.8 cm³/mol. The third-order valence-corrected chi connectivity index (χ3v) is 2.67. The minimum Gasteiger partial charge on any atom is -0.399 e. The van der Waals surface area contributed by atoms with Crippen molar-refractivity contribution in [3.8, 4) is 0 Å². The lowest BCUT2D eigenvalue weighted by Gasteiger charge is -2.09. The van der Waals surface area contributed by atoms with E-state index in [2.05, 4.69) is 5.32 Å². The van der Waals surface area contributed by atoms with Crippen LogP contribution in [0.3, 0.4) is 0 Å². The Morgan fingerprint density at radius 2 is 1.83 bits per heavy atom. The van der Waals surface area contributed by atoms with Crippen LogP contribution in [0.15, 0.2) is 42.5 Å². The smallest absolute Gasteiger partial charge is 0.248 e. The van der Waals surface area contributed by atoms with Gasteiger partial charge in [-0.2, -0.15) is 0 Å². The van der Waals surface area contributed by atoms with Crippen molar-refractivity contribution in [1.82, 2.24) is 0 Å². The van der Waals surface area contributed by atoms with Crippen LogP contribution in [0.4, 0.5) is 17.1 Å². The van der Waals surface area contributed by atoms with Crippen LogP contribution in [0.25, 0.3) is 0 Å². The van der Waals surface area contributed by atoms with Gasteiger partial charge in [-0.25, -0.2) is 0 Å². The minimum absolute atomic E-state index is 0.414. The Bertz CT molecular complexity index is 593. The molecule has 4 nitrogen and oxygen atoms in total. The van der Waals surface area contributed by atoms with Crippen LogP contribution in [-0.4, -0.2) is 5.91 Å². The third kappa shape index (κ3) is 2.60. The van der Waals surface area contributed by atoms with Gasteiger partial charge in [0, 0.05) is 22.6 Å². The molecule has 0 radical (unpaired) electrons. The van der Waals surface area contributed by atoms with E-state index in [1.54, 1.807) is 6.07 Å². The lowest BCUT2D eigenvalue weighted by molar-refractivity contribution is 0.1000. The van der Waals surface area contributed by atoms with E-state index in [0.29, 0.717) is 11.3 Å². The van der Waals surface area contributed by atoms with Crippen LogP contribution in [0.5, 0.6) is 0 Å². The number of nitrogen functional groups attached to an aromatic ring is 1. The fourth-order valence-electron chi connectivity index (χ4n) is 1.80. The Morgan fingerprint density at radius 1 is 1.11 bits per heavy atom. The molecule has 4 heteroatoms. The average Bonchev–Trinajstić information content (AvgIpc) is 2.28. The highest BCUT2D eigenvalue weighted by Gasteiger charge is 2.05. The summed E-state index contributed by atoms with van der Waals surface area (Å²) in [4.78, 5) is 11.1. The zero-order chi connectivity index (χ0) is 13.1. The highest BCUT2D eigenvalue weighted by molar-refractivity contribution is 5.94. The number of nitrogens with two attached hydrogens (primary N) is 2. The van der Waals surface area contributed by atoms with Crippen LogP contribution in [-0.2, 0) is 0 Å². The molecule has 0 bridgehead atoms. The Kier molecular flexibility index (Phi) is 3.19. The molecule has 2 rings (SSSR count). The Hall–Kier alpha value is -2.49. The highest BCUT2D eigenvalue weighted by atomic mass is 16.1. The molecule has 0 aromatic heterocycles. The topological polar surface area (TPSA) is 81.1 Å². The van der Waals surface area contributed by atoms with Crippen LogP contribution in [0, 0.1) is 6.92 Å². The van der Waals surface area contributed by atoms with Crippen molar-refractivity contribution in [3.63, 3.8) is 0 Å². The van der Waals surface area contributed by atoms with Gasteiger partial charge in [-0.15, -0.1) is 0 Å². The number of hydrogen-bond acceptors (Lipinski definition) is 3. The van der Waals surface area contributed by atoms with Gasteiger partial charge in [-0.1, -0.05) is 6.07 Å². The first-order chi connectivity index (χ1) is 8.56. The number of carbonyl (C=O) groups is 1. The van der Waals surface area contributed by atoms with Gasteiger partial charge in [0.05, 0.1) is 0 Å². The number of primary amides is 1. The van der Waals surface area contributed by atoms with E-state index in [9.17, 15) is 4.79 Å². The van der Waals surface area contributed by atoms with Crippen molar-refractivity contribution in [3.05, 3.63) is 53.6 Å². The number of rotatable bonds is 3. The maximum Gasteiger partial charge on any atom is 0.248 e. The van der Waals surface area contributed by atoms with E-state index in [1.165, 1.54) is 0 Å². The third-order valence-electron chi connectivity index (χ3n) is 2.67. The van der Waals surface area contributed by atoms with Crippen molar-refractivity contribution in [2.75, 3.05) is 11.1 Å². The summed E-state index contributed by atoms with van der Waals surface area (Å²) in [6, 6.07) is 12.9. The lowest BCUT2D eigenvalue weighted by atomic mass is 10.1. The first-order valence-corrected chi connectivity index (χ1v) is 5.59. The number of carbonyl (C=O) groups excluding carboxylic acids is 1. The zero-order valence-corrected chi connectivity index (χ0v) is 10.1. The summed E-state index contributed by atoms with van der Waals surface area (Å²) in [5, 5.41) is 3.22. The molecule has 0 saturated carbocycles. The fraction of sp³-hybridized carbons (Fsp3) is 0.0714. The van der Waals surface area contributed by atoms with Crippen LogP contribution in [0.2, 0.25) is 0 Å². The first kappa shape index (κ1) is 12.0. The average molecular weight is 241 g/mol. The molecule has 0 aliphatic heterocycles. The summed E-state index contributed by atoms with van der Waals surface area (Å²) in [5.74, 6) is -0.414. The van der Waals surface area contributed by atoms with Crippen LogP contribution in [0.1, 0.15) is 15.9 Å². The Balaban J connectivity index is 2.25. The van der Waals surface area contributed by atoms with Gasteiger partial charge in [-0.05, 0) is 48.9 Å². The van der Waals surface area contributed by atoms with E-state index in [1.807, 2.05) is 43.3 Å². The molecule has 0 fully saturated rings. The van der Waals surface area contributed by atoms with Crippen molar-refractivity contribution >= 4 is 23.0 Å². The van der Waals surface area contributed by atoms with Crippen LogP contribution >= 0.6 is 0 Å². The molecule has 0 atom stereocenters. The Morgan fingerprint density at radius 3 is 2.44 bits per heavy atom. The van der Waals surface area contributed by atoms with Crippen LogP contribution < -0.4 is 16.8 Å². The van der Waals surface area contributed by atoms with Gasteiger partial charge in [-0.3, -0.25) is 4.79 Å². The second kappa shape index (κ2) is 4.79. The monoisotopic (exact) mass is 241 g/mol. The SMILES string of the molecule is Cc1cc(Nc2cccc(N)c2)ccc1C(N)=O. The van der Waals surface area contributed by atoms with Crippen molar-refractivity contribution in [1.29, 1.82) is 0 Å². The van der Waals surface area contributed by atoms with Gasteiger partial charge in [0.15, 0.2) is 0 Å². The predicted octanol–water partition coefficient (Wildman–Crippen LogP) is 2.42. The molecule has 0 unspecified atom stereocenters. The summed E-state index contributed by atoms with van der Waals surface area (Å²) < 4.78 is 0. The summed E-state index contributed by atoms with van der Waals surface area (Å²) in [6.07, 6.45) is 0. The van der Waals surface area contributed by atoms with Gasteiger partial charge >= 0.3 is 0 Å². The first-order valence-electron chi connectivity index (χ1n) is 5.59. The van der Waals surface area contributed by atoms with Gasteiger partial charge < -0.3 is 16.8 Å². The van der Waals surface area contributed by atoms with Gasteiger partial charge in [0.25, 0.3) is 0 Å². The second-order valence-corrected chi connectivity index (χ2v) is 4.14. The number of hydrogen-bond donors (Lipinski definition) is 3. The molecule has 0 aliphatic carbocycles. The summed E-state index contributed by atoms with van der Waals surface area (Å²) in [6.45, 7) is 1.85.